The normalized spacial score (nSPS) is 22.9. The third-order valence-corrected chi connectivity index (χ3v) is 5.73. The molecule has 33 heavy (non-hydrogen) atoms. The standard InChI is InChI=1S/C27H27ClO5/c28-27-24(29)26(32-18-22-14-8-3-9-15-22)25(31-17-21-12-6-2-7-13-21)23(33-27)19-30-16-20-10-4-1-5-11-20/h1-15,23,25-27H,16-19H2/t23-,25-,26-,27+/m1/s1. The molecule has 6 heteroatoms. The Kier molecular flexibility index (Phi) is 8.64. The number of ketones is 1. The lowest BCUT2D eigenvalue weighted by Crippen LogP contribution is -2.57. The molecule has 0 radical (unpaired) electrons. The summed E-state index contributed by atoms with van der Waals surface area (Å²) in [6, 6.07) is 29.3. The van der Waals surface area contributed by atoms with Crippen LogP contribution in [0.15, 0.2) is 91.0 Å². The van der Waals surface area contributed by atoms with Gasteiger partial charge in [-0.05, 0) is 16.7 Å². The summed E-state index contributed by atoms with van der Waals surface area (Å²) in [5, 5.41) is 0. The second-order valence-electron chi connectivity index (χ2n) is 7.87. The van der Waals surface area contributed by atoms with Gasteiger partial charge in [0.1, 0.15) is 18.3 Å². The lowest BCUT2D eigenvalue weighted by molar-refractivity contribution is -0.204. The van der Waals surface area contributed by atoms with Gasteiger partial charge in [0.25, 0.3) is 0 Å². The van der Waals surface area contributed by atoms with E-state index in [0.29, 0.717) is 13.2 Å². The predicted octanol–water partition coefficient (Wildman–Crippen LogP) is 4.91. The van der Waals surface area contributed by atoms with E-state index in [1.807, 2.05) is 91.0 Å². The maximum absolute atomic E-state index is 12.9. The van der Waals surface area contributed by atoms with E-state index in [4.69, 9.17) is 30.5 Å². The quantitative estimate of drug-likeness (QED) is 0.397. The molecule has 5 nitrogen and oxygen atoms in total. The second kappa shape index (κ2) is 12.1. The third-order valence-electron chi connectivity index (χ3n) is 5.41. The zero-order valence-electron chi connectivity index (χ0n) is 18.2. The molecule has 0 bridgehead atoms. The Morgan fingerprint density at radius 1 is 0.697 bits per heavy atom. The van der Waals surface area contributed by atoms with E-state index < -0.39 is 23.9 Å². The van der Waals surface area contributed by atoms with Crippen LogP contribution in [0.3, 0.4) is 0 Å². The molecule has 3 aromatic rings. The summed E-state index contributed by atoms with van der Waals surface area (Å²) >= 11 is 6.25. The second-order valence-corrected chi connectivity index (χ2v) is 8.27. The fourth-order valence-corrected chi connectivity index (χ4v) is 3.94. The maximum Gasteiger partial charge on any atom is 0.208 e. The average Bonchev–Trinajstić information content (AvgIpc) is 2.86. The van der Waals surface area contributed by atoms with Crippen molar-refractivity contribution in [2.75, 3.05) is 6.61 Å². The van der Waals surface area contributed by atoms with E-state index in [0.717, 1.165) is 16.7 Å². The van der Waals surface area contributed by atoms with Gasteiger partial charge in [0.2, 0.25) is 5.78 Å². The Morgan fingerprint density at radius 2 is 1.18 bits per heavy atom. The van der Waals surface area contributed by atoms with Crippen molar-refractivity contribution >= 4 is 17.4 Å². The van der Waals surface area contributed by atoms with Gasteiger partial charge in [0, 0.05) is 0 Å². The Morgan fingerprint density at radius 3 is 1.73 bits per heavy atom. The van der Waals surface area contributed by atoms with Crippen molar-refractivity contribution < 1.29 is 23.7 Å². The van der Waals surface area contributed by atoms with Gasteiger partial charge in [-0.3, -0.25) is 4.79 Å². The van der Waals surface area contributed by atoms with Gasteiger partial charge in [-0.1, -0.05) is 103 Å². The first kappa shape index (κ1) is 23.6. The number of Topliss-reactive ketones (excluding diaryl/α,β-unsaturated/α-hetero) is 1. The number of carbonyl (C=O) groups excluding carboxylic acids is 1. The van der Waals surface area contributed by atoms with Crippen LogP contribution in [0.4, 0.5) is 0 Å². The fraction of sp³-hybridized carbons (Fsp3) is 0.296. The van der Waals surface area contributed by atoms with Gasteiger partial charge in [-0.15, -0.1) is 0 Å². The zero-order valence-corrected chi connectivity index (χ0v) is 19.0. The SMILES string of the molecule is O=C1[C@@H](OCc2ccccc2)[C@H](OCc2ccccc2)[C@@H](COCc2ccccc2)O[C@@H]1Cl. The van der Waals surface area contributed by atoms with E-state index >= 15 is 0 Å². The van der Waals surface area contributed by atoms with Gasteiger partial charge in [-0.2, -0.15) is 0 Å². The molecule has 1 fully saturated rings. The molecule has 1 heterocycles. The highest BCUT2D eigenvalue weighted by Gasteiger charge is 2.46. The Bertz CT molecular complexity index is 983. The van der Waals surface area contributed by atoms with Gasteiger partial charge < -0.3 is 18.9 Å². The van der Waals surface area contributed by atoms with Crippen LogP contribution in [0.25, 0.3) is 0 Å². The van der Waals surface area contributed by atoms with Crippen molar-refractivity contribution in [1.29, 1.82) is 0 Å². The van der Waals surface area contributed by atoms with Crippen molar-refractivity contribution in [3.05, 3.63) is 108 Å². The topological polar surface area (TPSA) is 54.0 Å². The molecule has 0 amide bonds. The van der Waals surface area contributed by atoms with E-state index in [-0.39, 0.29) is 19.0 Å². The van der Waals surface area contributed by atoms with Crippen LogP contribution in [0, 0.1) is 0 Å². The molecular formula is C27H27ClO5. The summed E-state index contributed by atoms with van der Waals surface area (Å²) in [6.07, 6.45) is -2.08. The summed E-state index contributed by atoms with van der Waals surface area (Å²) in [5.74, 6) is -0.343. The fourth-order valence-electron chi connectivity index (χ4n) is 3.68. The third kappa shape index (κ3) is 6.73. The molecule has 1 saturated heterocycles. The molecule has 0 aromatic heterocycles. The van der Waals surface area contributed by atoms with Gasteiger partial charge in [0.05, 0.1) is 26.4 Å². The smallest absolute Gasteiger partial charge is 0.208 e. The largest absolute Gasteiger partial charge is 0.374 e. The summed E-state index contributed by atoms with van der Waals surface area (Å²) in [6.45, 7) is 1.22. The average molecular weight is 467 g/mol. The molecule has 0 saturated carbocycles. The number of rotatable bonds is 10. The molecule has 4 rings (SSSR count). The molecule has 0 spiro atoms. The van der Waals surface area contributed by atoms with E-state index in [9.17, 15) is 4.79 Å². The first-order valence-corrected chi connectivity index (χ1v) is 11.4. The molecule has 0 unspecified atom stereocenters. The molecule has 3 aromatic carbocycles. The van der Waals surface area contributed by atoms with Crippen LogP contribution in [-0.2, 0) is 43.6 Å². The van der Waals surface area contributed by atoms with Gasteiger partial charge >= 0.3 is 0 Å². The minimum atomic E-state index is -1.12. The Labute approximate surface area is 199 Å². The molecular weight excluding hydrogens is 440 g/mol. The molecule has 1 aliphatic rings. The van der Waals surface area contributed by atoms with Crippen LogP contribution in [0.1, 0.15) is 16.7 Å². The number of benzene rings is 3. The summed E-state index contributed by atoms with van der Waals surface area (Å²) in [7, 11) is 0. The first-order valence-electron chi connectivity index (χ1n) is 11.0. The summed E-state index contributed by atoms with van der Waals surface area (Å²) < 4.78 is 24.0. The monoisotopic (exact) mass is 466 g/mol. The van der Waals surface area contributed by atoms with E-state index in [1.54, 1.807) is 0 Å². The lowest BCUT2D eigenvalue weighted by Gasteiger charge is -2.38. The molecule has 0 N–H and O–H groups in total. The van der Waals surface area contributed by atoms with Crippen molar-refractivity contribution in [3.8, 4) is 0 Å². The van der Waals surface area contributed by atoms with Crippen LogP contribution >= 0.6 is 11.6 Å². The molecule has 1 aliphatic heterocycles. The van der Waals surface area contributed by atoms with Crippen molar-refractivity contribution in [3.63, 3.8) is 0 Å². The Hall–Kier alpha value is -2.54. The highest BCUT2D eigenvalue weighted by atomic mass is 35.5. The highest BCUT2D eigenvalue weighted by Crippen LogP contribution is 2.27. The highest BCUT2D eigenvalue weighted by molar-refractivity contribution is 6.30. The minimum Gasteiger partial charge on any atom is -0.374 e. The van der Waals surface area contributed by atoms with Crippen LogP contribution in [-0.4, -0.2) is 36.3 Å². The van der Waals surface area contributed by atoms with Crippen LogP contribution in [0.5, 0.6) is 0 Å². The number of hydrogen-bond donors (Lipinski definition) is 0. The Balaban J connectivity index is 1.46. The lowest BCUT2D eigenvalue weighted by atomic mass is 10.0. The van der Waals surface area contributed by atoms with Gasteiger partial charge in [-0.25, -0.2) is 0 Å². The van der Waals surface area contributed by atoms with Crippen LogP contribution < -0.4 is 0 Å². The number of hydrogen-bond acceptors (Lipinski definition) is 5. The summed E-state index contributed by atoms with van der Waals surface area (Å²) in [4.78, 5) is 12.9. The van der Waals surface area contributed by atoms with Crippen molar-refractivity contribution in [2.45, 2.75) is 43.7 Å². The molecule has 172 valence electrons. The molecule has 4 atom stereocenters. The van der Waals surface area contributed by atoms with Gasteiger partial charge in [0.15, 0.2) is 5.56 Å². The van der Waals surface area contributed by atoms with Crippen molar-refractivity contribution in [1.82, 2.24) is 0 Å². The van der Waals surface area contributed by atoms with Crippen molar-refractivity contribution in [2.24, 2.45) is 0 Å². The zero-order chi connectivity index (χ0) is 22.9. The predicted molar refractivity (Wildman–Crippen MR) is 126 cm³/mol. The number of alkyl halides is 1. The first-order chi connectivity index (χ1) is 16.2. The van der Waals surface area contributed by atoms with E-state index in [1.165, 1.54) is 0 Å². The van der Waals surface area contributed by atoms with E-state index in [2.05, 4.69) is 0 Å². The number of halogens is 1. The summed E-state index contributed by atoms with van der Waals surface area (Å²) in [5.41, 5.74) is 1.88. The maximum atomic E-state index is 12.9. The minimum absolute atomic E-state index is 0.218. The van der Waals surface area contributed by atoms with Crippen LogP contribution in [0.2, 0.25) is 0 Å². The molecule has 0 aliphatic carbocycles. The number of carbonyl (C=O) groups is 1. The number of ether oxygens (including phenoxy) is 4.